The van der Waals surface area contributed by atoms with Gasteiger partial charge in [0.25, 0.3) is 0 Å². The second-order valence-corrected chi connectivity index (χ2v) is 5.90. The van der Waals surface area contributed by atoms with Crippen molar-refractivity contribution in [2.24, 2.45) is 5.92 Å². The van der Waals surface area contributed by atoms with E-state index in [4.69, 9.17) is 0 Å². The highest BCUT2D eigenvalue weighted by Crippen LogP contribution is 2.36. The minimum absolute atomic E-state index is 0.00497. The van der Waals surface area contributed by atoms with Gasteiger partial charge in [-0.25, -0.2) is 0 Å². The number of hydrogen-bond acceptors (Lipinski definition) is 2. The number of carbonyl (C=O) groups is 2. The minimum atomic E-state index is -0.955. The predicted molar refractivity (Wildman–Crippen MR) is 78.8 cm³/mol. The van der Waals surface area contributed by atoms with Gasteiger partial charge in [0.15, 0.2) is 0 Å². The molecule has 1 amide bonds. The summed E-state index contributed by atoms with van der Waals surface area (Å²) < 4.78 is 0. The summed E-state index contributed by atoms with van der Waals surface area (Å²) >= 11 is 0. The summed E-state index contributed by atoms with van der Waals surface area (Å²) in [7, 11) is 0. The van der Waals surface area contributed by atoms with Crippen molar-refractivity contribution < 1.29 is 14.7 Å². The van der Waals surface area contributed by atoms with Crippen LogP contribution in [0.2, 0.25) is 0 Å². The Balaban J connectivity index is 1.82. The number of aliphatic carboxylic acids is 1. The summed E-state index contributed by atoms with van der Waals surface area (Å²) in [6.45, 7) is 0.804. The first-order valence-corrected chi connectivity index (χ1v) is 7.36. The van der Waals surface area contributed by atoms with Gasteiger partial charge in [-0.05, 0) is 24.8 Å². The quantitative estimate of drug-likeness (QED) is 0.866. The van der Waals surface area contributed by atoms with Crippen molar-refractivity contribution in [3.05, 3.63) is 48.0 Å². The average Bonchev–Trinajstić information content (AvgIpc) is 3.18. The van der Waals surface area contributed by atoms with E-state index in [0.29, 0.717) is 13.0 Å². The van der Waals surface area contributed by atoms with E-state index < -0.39 is 11.4 Å². The molecular weight excluding hydrogens is 266 g/mol. The fourth-order valence-electron chi connectivity index (χ4n) is 3.37. The minimum Gasteiger partial charge on any atom is -0.481 e. The molecule has 4 heteroatoms. The van der Waals surface area contributed by atoms with Crippen molar-refractivity contribution in [1.29, 1.82) is 0 Å². The Morgan fingerprint density at radius 2 is 1.81 bits per heavy atom. The third-order valence-electron chi connectivity index (χ3n) is 4.67. The standard InChI is InChI=1S/C17H19NO3/c19-15(13-6-4-5-7-13)18-11-10-17(12-18,16(20)21)14-8-2-1-3-9-14/h1-5,8-9,13H,6-7,10-12H2,(H,20,21). The summed E-state index contributed by atoms with van der Waals surface area (Å²) in [6, 6.07) is 9.27. The van der Waals surface area contributed by atoms with Gasteiger partial charge < -0.3 is 10.0 Å². The highest BCUT2D eigenvalue weighted by Gasteiger charge is 2.48. The molecule has 1 unspecified atom stereocenters. The first-order chi connectivity index (χ1) is 10.1. The molecule has 1 aliphatic carbocycles. The van der Waals surface area contributed by atoms with Crippen molar-refractivity contribution in [2.45, 2.75) is 24.7 Å². The zero-order valence-corrected chi connectivity index (χ0v) is 11.9. The first-order valence-electron chi connectivity index (χ1n) is 7.36. The van der Waals surface area contributed by atoms with E-state index in [1.165, 1.54) is 0 Å². The number of benzene rings is 1. The predicted octanol–water partition coefficient (Wildman–Crippen LogP) is 2.21. The molecule has 0 spiro atoms. The molecule has 1 saturated heterocycles. The van der Waals surface area contributed by atoms with Gasteiger partial charge in [-0.3, -0.25) is 9.59 Å². The Labute approximate surface area is 124 Å². The summed E-state index contributed by atoms with van der Waals surface area (Å²) in [5.74, 6) is -0.738. The smallest absolute Gasteiger partial charge is 0.316 e. The second-order valence-electron chi connectivity index (χ2n) is 5.90. The average molecular weight is 285 g/mol. The maximum absolute atomic E-state index is 12.5. The molecule has 1 aromatic rings. The molecule has 0 bridgehead atoms. The van der Waals surface area contributed by atoms with Crippen LogP contribution in [-0.2, 0) is 15.0 Å². The van der Waals surface area contributed by atoms with E-state index in [0.717, 1.165) is 18.4 Å². The van der Waals surface area contributed by atoms with Crippen LogP contribution in [0, 0.1) is 5.92 Å². The van der Waals surface area contributed by atoms with Crippen molar-refractivity contribution in [1.82, 2.24) is 4.90 Å². The molecule has 0 aromatic heterocycles. The molecule has 2 aliphatic rings. The van der Waals surface area contributed by atoms with Gasteiger partial charge in [0, 0.05) is 19.0 Å². The molecule has 4 nitrogen and oxygen atoms in total. The van der Waals surface area contributed by atoms with Crippen LogP contribution < -0.4 is 0 Å². The molecule has 1 N–H and O–H groups in total. The molecule has 21 heavy (non-hydrogen) atoms. The third-order valence-corrected chi connectivity index (χ3v) is 4.67. The Hall–Kier alpha value is -2.10. The number of nitrogens with zero attached hydrogens (tertiary/aromatic N) is 1. The van der Waals surface area contributed by atoms with Gasteiger partial charge in [0.1, 0.15) is 5.41 Å². The van der Waals surface area contributed by atoms with Crippen LogP contribution in [0.4, 0.5) is 0 Å². The molecule has 3 rings (SSSR count). The van der Waals surface area contributed by atoms with Gasteiger partial charge >= 0.3 is 5.97 Å². The Bertz CT molecular complexity index is 573. The first kappa shape index (κ1) is 13.9. The van der Waals surface area contributed by atoms with Gasteiger partial charge in [-0.15, -0.1) is 0 Å². The van der Waals surface area contributed by atoms with Crippen LogP contribution in [0.1, 0.15) is 24.8 Å². The van der Waals surface area contributed by atoms with Crippen LogP contribution >= 0.6 is 0 Å². The highest BCUT2D eigenvalue weighted by molar-refractivity contribution is 5.86. The summed E-state index contributed by atoms with van der Waals surface area (Å²) in [6.07, 6.45) is 6.10. The maximum atomic E-state index is 12.5. The number of hydrogen-bond donors (Lipinski definition) is 1. The van der Waals surface area contributed by atoms with Gasteiger partial charge in [-0.1, -0.05) is 42.5 Å². The fraction of sp³-hybridized carbons (Fsp3) is 0.412. The van der Waals surface area contributed by atoms with Gasteiger partial charge in [0.2, 0.25) is 5.91 Å². The SMILES string of the molecule is O=C(C1CC=CC1)N1CCC(C(=O)O)(c2ccccc2)C1. The van der Waals surface area contributed by atoms with Crippen LogP contribution in [0.3, 0.4) is 0 Å². The topological polar surface area (TPSA) is 57.6 Å². The zero-order valence-electron chi connectivity index (χ0n) is 11.9. The van der Waals surface area contributed by atoms with Gasteiger partial charge in [0.05, 0.1) is 0 Å². The number of carbonyl (C=O) groups excluding carboxylic acids is 1. The third kappa shape index (κ3) is 2.35. The van der Waals surface area contributed by atoms with Crippen LogP contribution in [0.25, 0.3) is 0 Å². The maximum Gasteiger partial charge on any atom is 0.316 e. The van der Waals surface area contributed by atoms with Crippen LogP contribution in [0.15, 0.2) is 42.5 Å². The zero-order chi connectivity index (χ0) is 14.9. The molecule has 1 heterocycles. The molecule has 1 aromatic carbocycles. The number of carboxylic acids is 1. The number of likely N-dealkylation sites (tertiary alicyclic amines) is 1. The van der Waals surface area contributed by atoms with E-state index in [1.807, 2.05) is 42.5 Å². The molecule has 0 radical (unpaired) electrons. The second kappa shape index (κ2) is 5.35. The molecule has 1 fully saturated rings. The monoisotopic (exact) mass is 285 g/mol. The van der Waals surface area contributed by atoms with Crippen molar-refractivity contribution >= 4 is 11.9 Å². The van der Waals surface area contributed by atoms with Crippen LogP contribution in [-0.4, -0.2) is 35.0 Å². The van der Waals surface area contributed by atoms with Gasteiger partial charge in [-0.2, -0.15) is 0 Å². The number of amides is 1. The number of allylic oxidation sites excluding steroid dienone is 2. The number of rotatable bonds is 3. The van der Waals surface area contributed by atoms with E-state index >= 15 is 0 Å². The van der Waals surface area contributed by atoms with Crippen molar-refractivity contribution in [3.8, 4) is 0 Å². The summed E-state index contributed by atoms with van der Waals surface area (Å²) in [5.41, 5.74) is -0.166. The van der Waals surface area contributed by atoms with E-state index in [1.54, 1.807) is 4.90 Å². The largest absolute Gasteiger partial charge is 0.481 e. The summed E-state index contributed by atoms with van der Waals surface area (Å²) in [5, 5.41) is 9.73. The Morgan fingerprint density at radius 1 is 1.14 bits per heavy atom. The molecule has 1 aliphatic heterocycles. The normalized spacial score (nSPS) is 25.4. The molecular formula is C17H19NO3. The fourth-order valence-corrected chi connectivity index (χ4v) is 3.37. The lowest BCUT2D eigenvalue weighted by atomic mass is 9.80. The summed E-state index contributed by atoms with van der Waals surface area (Å²) in [4.78, 5) is 26.1. The molecule has 1 atom stereocenters. The van der Waals surface area contributed by atoms with Crippen molar-refractivity contribution in [3.63, 3.8) is 0 Å². The van der Waals surface area contributed by atoms with Crippen molar-refractivity contribution in [2.75, 3.05) is 13.1 Å². The van der Waals surface area contributed by atoms with Crippen LogP contribution in [0.5, 0.6) is 0 Å². The van der Waals surface area contributed by atoms with E-state index in [2.05, 4.69) is 0 Å². The van der Waals surface area contributed by atoms with E-state index in [-0.39, 0.29) is 18.4 Å². The molecule has 110 valence electrons. The lowest BCUT2D eigenvalue weighted by Crippen LogP contribution is -2.41. The highest BCUT2D eigenvalue weighted by atomic mass is 16.4. The lowest BCUT2D eigenvalue weighted by Gasteiger charge is -2.26. The van der Waals surface area contributed by atoms with E-state index in [9.17, 15) is 14.7 Å². The molecule has 0 saturated carbocycles. The Kier molecular flexibility index (Phi) is 3.53. The lowest BCUT2D eigenvalue weighted by molar-refractivity contribution is -0.143. The Morgan fingerprint density at radius 3 is 2.43 bits per heavy atom. The number of carboxylic acid groups (broad SMARTS) is 1.